The molecule has 0 saturated carbocycles. The van der Waals surface area contributed by atoms with Gasteiger partial charge in [-0.15, -0.1) is 0 Å². The molecule has 16 heavy (non-hydrogen) atoms. The number of aliphatic imine (C=N–C) groups is 1. The van der Waals surface area contributed by atoms with E-state index in [-0.39, 0.29) is 0 Å². The number of ether oxygens (including phenoxy) is 1. The van der Waals surface area contributed by atoms with Crippen molar-refractivity contribution in [1.29, 1.82) is 0 Å². The van der Waals surface area contributed by atoms with Gasteiger partial charge in [-0.1, -0.05) is 19.8 Å². The number of hydrogen-bond acceptors (Lipinski definition) is 2. The van der Waals surface area contributed by atoms with Gasteiger partial charge in [-0.3, -0.25) is 4.99 Å². The predicted molar refractivity (Wildman–Crippen MR) is 70.0 cm³/mol. The van der Waals surface area contributed by atoms with E-state index in [0.29, 0.717) is 0 Å². The molecule has 0 rings (SSSR count). The first kappa shape index (κ1) is 15.2. The molecular formula is C12H27N3O. The van der Waals surface area contributed by atoms with Gasteiger partial charge < -0.3 is 15.4 Å². The summed E-state index contributed by atoms with van der Waals surface area (Å²) in [5, 5.41) is 6.47. The van der Waals surface area contributed by atoms with Crippen LogP contribution in [0.25, 0.3) is 0 Å². The van der Waals surface area contributed by atoms with Crippen LogP contribution in [0.5, 0.6) is 0 Å². The van der Waals surface area contributed by atoms with Crippen LogP contribution in [0.3, 0.4) is 0 Å². The lowest BCUT2D eigenvalue weighted by Gasteiger charge is -2.10. The fourth-order valence-electron chi connectivity index (χ4n) is 1.28. The molecule has 0 aromatic rings. The maximum absolute atomic E-state index is 5.26. The van der Waals surface area contributed by atoms with E-state index < -0.39 is 0 Å². The average Bonchev–Trinajstić information content (AvgIpc) is 2.30. The van der Waals surface area contributed by atoms with Crippen LogP contribution in [0.1, 0.15) is 40.0 Å². The van der Waals surface area contributed by atoms with Crippen molar-refractivity contribution in [2.24, 2.45) is 4.99 Å². The maximum atomic E-state index is 5.26. The zero-order valence-corrected chi connectivity index (χ0v) is 11.0. The van der Waals surface area contributed by atoms with Crippen LogP contribution in [0.15, 0.2) is 4.99 Å². The summed E-state index contributed by atoms with van der Waals surface area (Å²) in [4.78, 5) is 4.49. The third-order valence-electron chi connectivity index (χ3n) is 2.12. The van der Waals surface area contributed by atoms with Crippen LogP contribution in [-0.2, 0) is 4.74 Å². The molecule has 96 valence electrons. The second-order valence-electron chi connectivity index (χ2n) is 3.59. The van der Waals surface area contributed by atoms with E-state index in [4.69, 9.17) is 4.74 Å². The number of rotatable bonds is 9. The zero-order chi connectivity index (χ0) is 12.1. The lowest BCUT2D eigenvalue weighted by molar-refractivity contribution is 0.152. The third kappa shape index (κ3) is 9.77. The Balaban J connectivity index is 3.67. The second-order valence-corrected chi connectivity index (χ2v) is 3.59. The van der Waals surface area contributed by atoms with Gasteiger partial charge in [-0.2, -0.15) is 0 Å². The summed E-state index contributed by atoms with van der Waals surface area (Å²) in [6.45, 7) is 10.4. The van der Waals surface area contributed by atoms with Crippen molar-refractivity contribution in [3.8, 4) is 0 Å². The normalized spacial score (nSPS) is 11.6. The standard InChI is InChI=1S/C12H27N3O/c1-4-7-8-9-14-12(13-5-2)15-10-11-16-6-3/h4-11H2,1-3H3,(H2,13,14,15). The van der Waals surface area contributed by atoms with E-state index in [1.807, 2.05) is 6.92 Å². The Morgan fingerprint density at radius 2 is 1.94 bits per heavy atom. The largest absolute Gasteiger partial charge is 0.380 e. The molecule has 0 amide bonds. The van der Waals surface area contributed by atoms with Gasteiger partial charge in [-0.05, 0) is 20.3 Å². The molecule has 0 aromatic carbocycles. The molecule has 4 heteroatoms. The highest BCUT2D eigenvalue weighted by atomic mass is 16.5. The Labute approximate surface area is 99.9 Å². The maximum Gasteiger partial charge on any atom is 0.191 e. The lowest BCUT2D eigenvalue weighted by atomic mass is 10.2. The molecule has 0 heterocycles. The number of unbranched alkanes of at least 4 members (excludes halogenated alkanes) is 2. The summed E-state index contributed by atoms with van der Waals surface area (Å²) in [6, 6.07) is 0. The van der Waals surface area contributed by atoms with Crippen molar-refractivity contribution >= 4 is 5.96 Å². The molecule has 0 aliphatic rings. The van der Waals surface area contributed by atoms with Crippen LogP contribution in [0.2, 0.25) is 0 Å². The zero-order valence-electron chi connectivity index (χ0n) is 11.0. The van der Waals surface area contributed by atoms with Gasteiger partial charge in [0.1, 0.15) is 0 Å². The van der Waals surface area contributed by atoms with Crippen LogP contribution in [0, 0.1) is 0 Å². The van der Waals surface area contributed by atoms with Gasteiger partial charge in [-0.25, -0.2) is 0 Å². The van der Waals surface area contributed by atoms with Gasteiger partial charge in [0.25, 0.3) is 0 Å². The van der Waals surface area contributed by atoms with E-state index in [0.717, 1.165) is 38.8 Å². The molecule has 0 unspecified atom stereocenters. The molecule has 0 aromatic heterocycles. The van der Waals surface area contributed by atoms with Crippen LogP contribution in [-0.4, -0.2) is 38.8 Å². The van der Waals surface area contributed by atoms with E-state index >= 15 is 0 Å². The Bertz CT molecular complexity index is 172. The molecule has 0 radical (unpaired) electrons. The molecule has 0 spiro atoms. The van der Waals surface area contributed by atoms with Crippen LogP contribution in [0.4, 0.5) is 0 Å². The number of nitrogens with one attached hydrogen (secondary N) is 2. The Kier molecular flexibility index (Phi) is 11.7. The first-order chi connectivity index (χ1) is 7.85. The summed E-state index contributed by atoms with van der Waals surface area (Å²) in [5.74, 6) is 0.901. The molecule has 4 nitrogen and oxygen atoms in total. The highest BCUT2D eigenvalue weighted by molar-refractivity contribution is 5.79. The summed E-state index contributed by atoms with van der Waals surface area (Å²) < 4.78 is 5.26. The topological polar surface area (TPSA) is 45.7 Å². The van der Waals surface area contributed by atoms with E-state index in [1.165, 1.54) is 19.3 Å². The van der Waals surface area contributed by atoms with Gasteiger partial charge in [0.05, 0.1) is 6.61 Å². The number of guanidine groups is 1. The average molecular weight is 229 g/mol. The smallest absolute Gasteiger partial charge is 0.191 e. The van der Waals surface area contributed by atoms with Crippen molar-refractivity contribution in [2.45, 2.75) is 40.0 Å². The summed E-state index contributed by atoms with van der Waals surface area (Å²) >= 11 is 0. The second kappa shape index (κ2) is 12.3. The van der Waals surface area contributed by atoms with Crippen molar-refractivity contribution in [2.75, 3.05) is 32.8 Å². The van der Waals surface area contributed by atoms with Gasteiger partial charge in [0.15, 0.2) is 5.96 Å². The summed E-state index contributed by atoms with van der Waals surface area (Å²) in [5.41, 5.74) is 0. The van der Waals surface area contributed by atoms with Gasteiger partial charge >= 0.3 is 0 Å². The number of hydrogen-bond donors (Lipinski definition) is 2. The van der Waals surface area contributed by atoms with Crippen molar-refractivity contribution in [3.63, 3.8) is 0 Å². The molecule has 0 atom stereocenters. The fourth-order valence-corrected chi connectivity index (χ4v) is 1.28. The minimum Gasteiger partial charge on any atom is -0.380 e. The molecule has 2 N–H and O–H groups in total. The van der Waals surface area contributed by atoms with E-state index in [2.05, 4.69) is 29.5 Å². The minimum atomic E-state index is 0.732. The summed E-state index contributed by atoms with van der Waals surface area (Å²) in [6.07, 6.45) is 3.66. The molecule has 0 aliphatic heterocycles. The minimum absolute atomic E-state index is 0.732. The van der Waals surface area contributed by atoms with Gasteiger partial charge in [0.2, 0.25) is 0 Å². The number of nitrogens with zero attached hydrogens (tertiary/aromatic N) is 1. The SMILES string of the molecule is CCCCCN=C(NCC)NCCOCC. The van der Waals surface area contributed by atoms with Crippen molar-refractivity contribution in [3.05, 3.63) is 0 Å². The van der Waals surface area contributed by atoms with Crippen molar-refractivity contribution < 1.29 is 4.74 Å². The quantitative estimate of drug-likeness (QED) is 0.360. The monoisotopic (exact) mass is 229 g/mol. The first-order valence-electron chi connectivity index (χ1n) is 6.45. The van der Waals surface area contributed by atoms with Crippen LogP contribution >= 0.6 is 0 Å². The highest BCUT2D eigenvalue weighted by Crippen LogP contribution is 1.93. The molecule has 0 fully saturated rings. The van der Waals surface area contributed by atoms with Crippen molar-refractivity contribution in [1.82, 2.24) is 10.6 Å². The Hall–Kier alpha value is -0.770. The predicted octanol–water partition coefficient (Wildman–Crippen LogP) is 1.77. The third-order valence-corrected chi connectivity index (χ3v) is 2.12. The van der Waals surface area contributed by atoms with E-state index in [9.17, 15) is 0 Å². The Morgan fingerprint density at radius 3 is 2.56 bits per heavy atom. The summed E-state index contributed by atoms with van der Waals surface area (Å²) in [7, 11) is 0. The molecule has 0 bridgehead atoms. The van der Waals surface area contributed by atoms with Gasteiger partial charge in [0, 0.05) is 26.2 Å². The molecule has 0 saturated heterocycles. The highest BCUT2D eigenvalue weighted by Gasteiger charge is 1.95. The van der Waals surface area contributed by atoms with E-state index in [1.54, 1.807) is 0 Å². The Morgan fingerprint density at radius 1 is 1.12 bits per heavy atom. The lowest BCUT2D eigenvalue weighted by Crippen LogP contribution is -2.39. The molecular weight excluding hydrogens is 202 g/mol. The van der Waals surface area contributed by atoms with Crippen LogP contribution < -0.4 is 10.6 Å². The fraction of sp³-hybridized carbons (Fsp3) is 0.917. The molecule has 0 aliphatic carbocycles. The first-order valence-corrected chi connectivity index (χ1v) is 6.45.